The van der Waals surface area contributed by atoms with Crippen LogP contribution in [0.15, 0.2) is 24.4 Å². The second-order valence-corrected chi connectivity index (χ2v) is 3.48. The molecule has 0 atom stereocenters. The molecule has 1 radical (unpaired) electrons. The van der Waals surface area contributed by atoms with Crippen LogP contribution in [0.3, 0.4) is 0 Å². The molecule has 2 rings (SSSR count). The maximum Gasteiger partial charge on any atom is 0.114 e. The van der Waals surface area contributed by atoms with Crippen molar-refractivity contribution < 1.29 is 0 Å². The number of rotatable bonds is 1. The largest absolute Gasteiger partial charge is 0.262 e. The molecule has 13 heavy (non-hydrogen) atoms. The third-order valence-electron chi connectivity index (χ3n) is 2.42. The van der Waals surface area contributed by atoms with Crippen molar-refractivity contribution in [3.63, 3.8) is 0 Å². The molecule has 1 nitrogen and oxygen atoms in total. The van der Waals surface area contributed by atoms with E-state index in [9.17, 15) is 0 Å². The molecule has 0 spiro atoms. The molecule has 0 aromatic carbocycles. The molecule has 1 aromatic rings. The molecule has 1 aliphatic rings. The van der Waals surface area contributed by atoms with Crippen molar-refractivity contribution in [1.82, 2.24) is 4.98 Å². The summed E-state index contributed by atoms with van der Waals surface area (Å²) in [6.45, 7) is 2.04. The Morgan fingerprint density at radius 2 is 2.38 bits per heavy atom. The van der Waals surface area contributed by atoms with Crippen LogP contribution in [0.25, 0.3) is 5.57 Å². The summed E-state index contributed by atoms with van der Waals surface area (Å²) in [6.07, 6.45) is 7.73. The summed E-state index contributed by atoms with van der Waals surface area (Å²) < 4.78 is 0. The fraction of sp³-hybridized carbons (Fsp3) is 0.364. The van der Waals surface area contributed by atoms with Crippen LogP contribution < -0.4 is 0 Å². The van der Waals surface area contributed by atoms with Crippen LogP contribution in [-0.2, 0) is 0 Å². The first-order valence-electron chi connectivity index (χ1n) is 4.80. The molecular formula is C11H13BN. The van der Waals surface area contributed by atoms with Gasteiger partial charge in [-0.15, -0.1) is 0 Å². The highest BCUT2D eigenvalue weighted by molar-refractivity contribution is 6.37. The molecule has 0 saturated heterocycles. The summed E-state index contributed by atoms with van der Waals surface area (Å²) in [6, 6.07) is 4.27. The minimum Gasteiger partial charge on any atom is -0.262 e. The number of pyridine rings is 1. The van der Waals surface area contributed by atoms with Gasteiger partial charge >= 0.3 is 0 Å². The zero-order valence-corrected chi connectivity index (χ0v) is 7.96. The smallest absolute Gasteiger partial charge is 0.114 e. The topological polar surface area (TPSA) is 12.9 Å². The summed E-state index contributed by atoms with van der Waals surface area (Å²) in [5.74, 6) is 0. The lowest BCUT2D eigenvalue weighted by molar-refractivity contribution is 1.15. The summed E-state index contributed by atoms with van der Waals surface area (Å²) in [5, 5.41) is 0. The zero-order valence-electron chi connectivity index (χ0n) is 7.96. The standard InChI is InChI=1S/C11H13BN/c1-9-8-11(4-7-13-9)10-2-5-12-6-3-10/h2,4,7-8H,3,5-6H2,1H3. The molecule has 0 fully saturated rings. The van der Waals surface area contributed by atoms with Gasteiger partial charge in [-0.25, -0.2) is 0 Å². The van der Waals surface area contributed by atoms with Gasteiger partial charge in [0.1, 0.15) is 7.28 Å². The lowest BCUT2D eigenvalue weighted by Crippen LogP contribution is -1.97. The van der Waals surface area contributed by atoms with Gasteiger partial charge in [-0.05, 0) is 36.6 Å². The van der Waals surface area contributed by atoms with E-state index >= 15 is 0 Å². The van der Waals surface area contributed by atoms with Crippen LogP contribution in [0.4, 0.5) is 0 Å². The predicted octanol–water partition coefficient (Wildman–Crippen LogP) is 2.72. The average molecular weight is 170 g/mol. The van der Waals surface area contributed by atoms with Crippen molar-refractivity contribution in [1.29, 1.82) is 0 Å². The van der Waals surface area contributed by atoms with E-state index in [4.69, 9.17) is 0 Å². The van der Waals surface area contributed by atoms with Crippen LogP contribution >= 0.6 is 0 Å². The van der Waals surface area contributed by atoms with Gasteiger partial charge in [-0.3, -0.25) is 4.98 Å². The monoisotopic (exact) mass is 170 g/mol. The third kappa shape index (κ3) is 2.00. The first-order chi connectivity index (χ1) is 6.36. The highest BCUT2D eigenvalue weighted by atomic mass is 14.6. The number of aryl methyl sites for hydroxylation is 1. The molecular weight excluding hydrogens is 157 g/mol. The van der Waals surface area contributed by atoms with E-state index in [0.29, 0.717) is 0 Å². The van der Waals surface area contributed by atoms with E-state index in [2.05, 4.69) is 30.5 Å². The fourth-order valence-corrected chi connectivity index (χ4v) is 1.71. The van der Waals surface area contributed by atoms with Crippen LogP contribution in [0.2, 0.25) is 12.6 Å². The molecule has 0 unspecified atom stereocenters. The number of hydrogen-bond acceptors (Lipinski definition) is 1. The quantitative estimate of drug-likeness (QED) is 0.590. The predicted molar refractivity (Wildman–Crippen MR) is 56.9 cm³/mol. The van der Waals surface area contributed by atoms with Gasteiger partial charge < -0.3 is 0 Å². The number of nitrogens with zero attached hydrogens (tertiary/aromatic N) is 1. The molecule has 0 amide bonds. The average Bonchev–Trinajstić information content (AvgIpc) is 2.19. The van der Waals surface area contributed by atoms with Crippen molar-refractivity contribution in [2.24, 2.45) is 0 Å². The van der Waals surface area contributed by atoms with Crippen LogP contribution in [0.1, 0.15) is 17.7 Å². The zero-order chi connectivity index (χ0) is 9.10. The molecule has 0 aliphatic carbocycles. The van der Waals surface area contributed by atoms with Crippen molar-refractivity contribution in [3.8, 4) is 0 Å². The Morgan fingerprint density at radius 3 is 3.08 bits per heavy atom. The Hall–Kier alpha value is -1.05. The van der Waals surface area contributed by atoms with Crippen LogP contribution in [0.5, 0.6) is 0 Å². The van der Waals surface area contributed by atoms with E-state index in [1.54, 1.807) is 0 Å². The van der Waals surface area contributed by atoms with Crippen molar-refractivity contribution in [3.05, 3.63) is 35.7 Å². The van der Waals surface area contributed by atoms with Gasteiger partial charge in [0, 0.05) is 11.9 Å². The Balaban J connectivity index is 2.29. The lowest BCUT2D eigenvalue weighted by atomic mass is 9.65. The Labute approximate surface area is 80.1 Å². The molecule has 2 heterocycles. The Bertz CT molecular complexity index is 331. The van der Waals surface area contributed by atoms with Gasteiger partial charge in [0.15, 0.2) is 0 Å². The number of allylic oxidation sites excluding steroid dienone is 2. The SMILES string of the molecule is Cc1cc(C2=CC[B]CC2)ccn1. The Morgan fingerprint density at radius 1 is 1.46 bits per heavy atom. The normalized spacial score (nSPS) is 16.2. The van der Waals surface area contributed by atoms with Gasteiger partial charge in [-0.2, -0.15) is 0 Å². The first kappa shape index (κ1) is 8.55. The third-order valence-corrected chi connectivity index (χ3v) is 2.42. The molecule has 0 N–H and O–H groups in total. The molecule has 1 aromatic heterocycles. The summed E-state index contributed by atoms with van der Waals surface area (Å²) in [7, 11) is 2.33. The first-order valence-corrected chi connectivity index (χ1v) is 4.80. The van der Waals surface area contributed by atoms with Crippen molar-refractivity contribution in [2.45, 2.75) is 26.0 Å². The van der Waals surface area contributed by atoms with E-state index in [1.165, 1.54) is 23.9 Å². The number of hydrogen-bond donors (Lipinski definition) is 0. The highest BCUT2D eigenvalue weighted by Gasteiger charge is 2.06. The van der Waals surface area contributed by atoms with Crippen molar-refractivity contribution in [2.75, 3.05) is 0 Å². The molecule has 0 saturated carbocycles. The van der Waals surface area contributed by atoms with Crippen LogP contribution in [0, 0.1) is 6.92 Å². The molecule has 65 valence electrons. The van der Waals surface area contributed by atoms with Gasteiger partial charge in [0.25, 0.3) is 0 Å². The number of aromatic nitrogens is 1. The minimum absolute atomic E-state index is 1.10. The van der Waals surface area contributed by atoms with Crippen molar-refractivity contribution >= 4 is 12.9 Å². The second-order valence-electron chi connectivity index (χ2n) is 3.48. The molecule has 2 heteroatoms. The van der Waals surface area contributed by atoms with Gasteiger partial charge in [0.2, 0.25) is 0 Å². The fourth-order valence-electron chi connectivity index (χ4n) is 1.71. The summed E-state index contributed by atoms with van der Waals surface area (Å²) in [4.78, 5) is 4.20. The van der Waals surface area contributed by atoms with Crippen LogP contribution in [-0.4, -0.2) is 12.3 Å². The summed E-state index contributed by atoms with van der Waals surface area (Å²) in [5.41, 5.74) is 3.93. The minimum atomic E-state index is 1.10. The summed E-state index contributed by atoms with van der Waals surface area (Å²) >= 11 is 0. The van der Waals surface area contributed by atoms with E-state index in [-0.39, 0.29) is 0 Å². The van der Waals surface area contributed by atoms with E-state index in [0.717, 1.165) is 12.0 Å². The Kier molecular flexibility index (Phi) is 2.48. The van der Waals surface area contributed by atoms with Gasteiger partial charge in [-0.1, -0.05) is 18.7 Å². The molecule has 1 aliphatic heterocycles. The lowest BCUT2D eigenvalue weighted by Gasteiger charge is -2.12. The maximum atomic E-state index is 4.20. The molecule has 0 bridgehead atoms. The van der Waals surface area contributed by atoms with E-state index in [1.807, 2.05) is 13.1 Å². The second kappa shape index (κ2) is 3.78. The highest BCUT2D eigenvalue weighted by Crippen LogP contribution is 2.24. The van der Waals surface area contributed by atoms with E-state index < -0.39 is 0 Å². The van der Waals surface area contributed by atoms with Gasteiger partial charge in [0.05, 0.1) is 0 Å². The maximum absolute atomic E-state index is 4.20.